The molecule has 0 heterocycles. The fraction of sp³-hybridized carbons (Fsp3) is 0.750. The van der Waals surface area contributed by atoms with Gasteiger partial charge in [-0.25, -0.2) is 0 Å². The summed E-state index contributed by atoms with van der Waals surface area (Å²) in [4.78, 5) is 18.9. The summed E-state index contributed by atoms with van der Waals surface area (Å²) in [6, 6.07) is 0. The number of carboxylic acid groups (broad SMARTS) is 1. The topological polar surface area (TPSA) is 124 Å². The lowest BCUT2D eigenvalue weighted by Crippen LogP contribution is -2.03. The maximum absolute atomic E-state index is 9.87. The van der Waals surface area contributed by atoms with Crippen LogP contribution in [-0.2, 0) is 14.3 Å². The third-order valence-electron chi connectivity index (χ3n) is 0.497. The maximum Gasteiger partial charge on any atom is 0.302 e. The first-order valence-electron chi connectivity index (χ1n) is 4.07. The van der Waals surface area contributed by atoms with E-state index in [1.54, 1.807) is 0 Å². The van der Waals surface area contributed by atoms with Crippen LogP contribution in [0.2, 0.25) is 0 Å². The van der Waals surface area contributed by atoms with Crippen LogP contribution < -0.4 is 0 Å². The summed E-state index contributed by atoms with van der Waals surface area (Å²) in [5.74, 6) is -1.19. The lowest BCUT2D eigenvalue weighted by Gasteiger charge is -1.93. The number of hydrogen-bond acceptors (Lipinski definition) is 6. The van der Waals surface area contributed by atoms with Crippen LogP contribution >= 0.6 is 0 Å². The van der Waals surface area contributed by atoms with Crippen LogP contribution in [0.15, 0.2) is 0 Å². The first-order valence-corrected chi connectivity index (χ1v) is 4.07. The minimum absolute atomic E-state index is 0.0976. The molecule has 0 radical (unpaired) electrons. The zero-order valence-corrected chi connectivity index (χ0v) is 8.84. The van der Waals surface area contributed by atoms with Gasteiger partial charge in [0.05, 0.1) is 19.8 Å². The van der Waals surface area contributed by atoms with E-state index in [9.17, 15) is 4.79 Å². The highest BCUT2D eigenvalue weighted by Crippen LogP contribution is 1.71. The lowest BCUT2D eigenvalue weighted by atomic mass is 10.7. The van der Waals surface area contributed by atoms with E-state index in [4.69, 9.17) is 25.2 Å². The van der Waals surface area contributed by atoms with Gasteiger partial charge in [0.1, 0.15) is 6.61 Å². The van der Waals surface area contributed by atoms with Gasteiger partial charge in [-0.1, -0.05) is 0 Å². The van der Waals surface area contributed by atoms with Gasteiger partial charge in [0.25, 0.3) is 5.97 Å². The zero-order valence-electron chi connectivity index (χ0n) is 8.84. The van der Waals surface area contributed by atoms with Gasteiger partial charge in [-0.05, 0) is 0 Å². The van der Waals surface area contributed by atoms with E-state index < -0.39 is 5.97 Å². The average Bonchev–Trinajstić information content (AvgIpc) is 2.14. The summed E-state index contributed by atoms with van der Waals surface area (Å²) in [7, 11) is 0. The van der Waals surface area contributed by atoms with Crippen molar-refractivity contribution in [2.24, 2.45) is 0 Å². The SMILES string of the molecule is CC(=O)O.CC(=O)OCCO.OCCO. The van der Waals surface area contributed by atoms with Gasteiger partial charge >= 0.3 is 5.97 Å². The second-order valence-corrected chi connectivity index (χ2v) is 2.03. The van der Waals surface area contributed by atoms with E-state index in [0.717, 1.165) is 6.92 Å². The fourth-order valence-electron chi connectivity index (χ4n) is 0.189. The molecule has 0 spiro atoms. The van der Waals surface area contributed by atoms with E-state index in [1.165, 1.54) is 6.92 Å². The molecule has 0 aromatic heterocycles. The number of carbonyl (C=O) groups excluding carboxylic acids is 1. The molecule has 15 heavy (non-hydrogen) atoms. The molecule has 0 unspecified atom stereocenters. The molecule has 0 bridgehead atoms. The Morgan fingerprint density at radius 3 is 1.40 bits per heavy atom. The van der Waals surface area contributed by atoms with Gasteiger partial charge < -0.3 is 25.2 Å². The molecule has 4 N–H and O–H groups in total. The molecular formula is C8H18O7. The first kappa shape index (κ1) is 19.4. The van der Waals surface area contributed by atoms with Crippen molar-refractivity contribution in [3.63, 3.8) is 0 Å². The van der Waals surface area contributed by atoms with Crippen molar-refractivity contribution >= 4 is 11.9 Å². The predicted octanol–water partition coefficient (Wildman–Crippen LogP) is -1.40. The minimum Gasteiger partial charge on any atom is -0.481 e. The summed E-state index contributed by atoms with van der Waals surface area (Å²) in [6.45, 7) is 2.14. The van der Waals surface area contributed by atoms with E-state index >= 15 is 0 Å². The van der Waals surface area contributed by atoms with Crippen LogP contribution in [0.3, 0.4) is 0 Å². The summed E-state index contributed by atoms with van der Waals surface area (Å²) >= 11 is 0. The standard InChI is InChI=1S/C4H8O3.C2H4O2.C2H6O2/c1-4(6)7-3-2-5;1-2(3)4;3-1-2-4/h5H,2-3H2,1H3;1H3,(H,3,4);3-4H,1-2H2. The van der Waals surface area contributed by atoms with Crippen LogP contribution in [0.4, 0.5) is 0 Å². The molecule has 0 fully saturated rings. The molecule has 0 atom stereocenters. The highest BCUT2D eigenvalue weighted by atomic mass is 16.5. The predicted molar refractivity (Wildman–Crippen MR) is 51.2 cm³/mol. The van der Waals surface area contributed by atoms with Crippen molar-refractivity contribution in [2.45, 2.75) is 13.8 Å². The van der Waals surface area contributed by atoms with Crippen LogP contribution in [0.5, 0.6) is 0 Å². The summed E-state index contributed by atoms with van der Waals surface area (Å²) in [6.07, 6.45) is 0. The molecular weight excluding hydrogens is 208 g/mol. The lowest BCUT2D eigenvalue weighted by molar-refractivity contribution is -0.142. The Morgan fingerprint density at radius 2 is 1.33 bits per heavy atom. The van der Waals surface area contributed by atoms with Crippen LogP contribution in [0.25, 0.3) is 0 Å². The number of aliphatic hydroxyl groups excluding tert-OH is 3. The third kappa shape index (κ3) is 103. The first-order chi connectivity index (χ1) is 6.92. The molecule has 0 aromatic carbocycles. The highest BCUT2D eigenvalue weighted by Gasteiger charge is 1.86. The maximum atomic E-state index is 9.87. The Balaban J connectivity index is -0.000000155. The Labute approximate surface area is 87.9 Å². The second-order valence-electron chi connectivity index (χ2n) is 2.03. The Hall–Kier alpha value is -1.18. The molecule has 0 aliphatic rings. The molecule has 0 saturated carbocycles. The van der Waals surface area contributed by atoms with Crippen LogP contribution in [0, 0.1) is 0 Å². The number of esters is 1. The van der Waals surface area contributed by atoms with Gasteiger partial charge in [-0.3, -0.25) is 9.59 Å². The highest BCUT2D eigenvalue weighted by molar-refractivity contribution is 5.65. The van der Waals surface area contributed by atoms with E-state index in [0.29, 0.717) is 0 Å². The number of carbonyl (C=O) groups is 2. The van der Waals surface area contributed by atoms with Crippen molar-refractivity contribution in [2.75, 3.05) is 26.4 Å². The Morgan fingerprint density at radius 1 is 1.00 bits per heavy atom. The molecule has 0 aliphatic heterocycles. The normalized spacial score (nSPS) is 7.53. The molecule has 0 aliphatic carbocycles. The average molecular weight is 226 g/mol. The van der Waals surface area contributed by atoms with Crippen molar-refractivity contribution in [1.29, 1.82) is 0 Å². The summed E-state index contributed by atoms with van der Waals surface area (Å²) in [5, 5.41) is 30.7. The zero-order chi connectivity index (χ0) is 12.7. The summed E-state index contributed by atoms with van der Waals surface area (Å²) in [5.41, 5.74) is 0. The molecule has 7 nitrogen and oxygen atoms in total. The second kappa shape index (κ2) is 18.6. The van der Waals surface area contributed by atoms with Crippen LogP contribution in [0.1, 0.15) is 13.8 Å². The number of aliphatic hydroxyl groups is 3. The number of rotatable bonds is 3. The fourth-order valence-corrected chi connectivity index (χ4v) is 0.189. The van der Waals surface area contributed by atoms with Gasteiger partial charge in [0.15, 0.2) is 0 Å². The van der Waals surface area contributed by atoms with Gasteiger partial charge in [-0.15, -0.1) is 0 Å². The molecule has 0 amide bonds. The number of hydrogen-bond donors (Lipinski definition) is 4. The quantitative estimate of drug-likeness (QED) is 0.436. The van der Waals surface area contributed by atoms with Crippen molar-refractivity contribution < 1.29 is 34.8 Å². The third-order valence-corrected chi connectivity index (χ3v) is 0.497. The largest absolute Gasteiger partial charge is 0.481 e. The van der Waals surface area contributed by atoms with E-state index in [2.05, 4.69) is 4.74 Å². The van der Waals surface area contributed by atoms with Gasteiger partial charge in [0, 0.05) is 13.8 Å². The van der Waals surface area contributed by atoms with Crippen molar-refractivity contribution in [3.05, 3.63) is 0 Å². The monoisotopic (exact) mass is 226 g/mol. The smallest absolute Gasteiger partial charge is 0.302 e. The molecule has 0 aromatic rings. The molecule has 0 saturated heterocycles. The van der Waals surface area contributed by atoms with Crippen molar-refractivity contribution in [3.8, 4) is 0 Å². The molecule has 92 valence electrons. The van der Waals surface area contributed by atoms with Crippen molar-refractivity contribution in [1.82, 2.24) is 0 Å². The number of carboxylic acids is 1. The molecule has 7 heteroatoms. The number of ether oxygens (including phenoxy) is 1. The van der Waals surface area contributed by atoms with E-state index in [1.807, 2.05) is 0 Å². The van der Waals surface area contributed by atoms with Crippen LogP contribution in [-0.4, -0.2) is 58.8 Å². The van der Waals surface area contributed by atoms with E-state index in [-0.39, 0.29) is 32.4 Å². The Kier molecular flexibility index (Phi) is 24.0. The summed E-state index contributed by atoms with van der Waals surface area (Å²) < 4.78 is 4.30. The van der Waals surface area contributed by atoms with Gasteiger partial charge in [-0.2, -0.15) is 0 Å². The van der Waals surface area contributed by atoms with Gasteiger partial charge in [0.2, 0.25) is 0 Å². The molecule has 0 rings (SSSR count). The Bertz CT molecular complexity index is 140. The minimum atomic E-state index is -0.833. The number of aliphatic carboxylic acids is 1.